The van der Waals surface area contributed by atoms with Gasteiger partial charge in [-0.1, -0.05) is 112 Å². The minimum atomic E-state index is -2.05. The first-order valence-corrected chi connectivity index (χ1v) is 11.4. The molecule has 1 fully saturated rings. The van der Waals surface area contributed by atoms with E-state index in [2.05, 4.69) is 88.4 Å². The highest BCUT2D eigenvalue weighted by Gasteiger charge is 2.62. The fourth-order valence-electron chi connectivity index (χ4n) is 4.34. The minimum absolute atomic E-state index is 0.196. The summed E-state index contributed by atoms with van der Waals surface area (Å²) in [6, 6.07) is 22.4. The molecule has 0 bridgehead atoms. The molecule has 1 aliphatic heterocycles. The molecule has 0 radical (unpaired) electrons. The van der Waals surface area contributed by atoms with E-state index >= 15 is 0 Å². The number of ether oxygens (including phenoxy) is 1. The summed E-state index contributed by atoms with van der Waals surface area (Å²) in [7, 11) is -2.05. The van der Waals surface area contributed by atoms with Crippen LogP contribution in [0.15, 0.2) is 60.7 Å². The predicted octanol–water partition coefficient (Wildman–Crippen LogP) is 4.55. The maximum absolute atomic E-state index is 6.38. The van der Waals surface area contributed by atoms with Crippen LogP contribution in [0.4, 0.5) is 0 Å². The quantitative estimate of drug-likeness (QED) is 0.556. The Kier molecular flexibility index (Phi) is 4.98. The Balaban J connectivity index is 2.13. The number of hydrogen-bond acceptors (Lipinski definition) is 1. The van der Waals surface area contributed by atoms with Crippen LogP contribution in [-0.4, -0.2) is 19.9 Å². The molecule has 0 N–H and O–H groups in total. The Morgan fingerprint density at radius 2 is 1.38 bits per heavy atom. The number of epoxide rings is 1. The van der Waals surface area contributed by atoms with Gasteiger partial charge in [0.25, 0.3) is 0 Å². The van der Waals surface area contributed by atoms with E-state index in [4.69, 9.17) is 4.74 Å². The molecule has 2 aromatic rings. The van der Waals surface area contributed by atoms with Crippen LogP contribution in [0.1, 0.15) is 47.0 Å². The summed E-state index contributed by atoms with van der Waals surface area (Å²) >= 11 is 0. The Hall–Kier alpha value is -1.38. The molecule has 3 rings (SSSR count). The van der Waals surface area contributed by atoms with Crippen LogP contribution < -0.4 is 10.4 Å². The van der Waals surface area contributed by atoms with Gasteiger partial charge in [0.15, 0.2) is 8.07 Å². The maximum Gasteiger partial charge on any atom is 0.157 e. The van der Waals surface area contributed by atoms with Crippen molar-refractivity contribution in [1.29, 1.82) is 0 Å². The molecule has 1 saturated heterocycles. The minimum Gasteiger partial charge on any atom is -0.372 e. The van der Waals surface area contributed by atoms with Gasteiger partial charge < -0.3 is 4.74 Å². The highest BCUT2D eigenvalue weighted by atomic mass is 28.3. The van der Waals surface area contributed by atoms with Gasteiger partial charge in [-0.15, -0.1) is 0 Å². The number of rotatable bonds is 6. The molecule has 0 saturated carbocycles. The average Bonchev–Trinajstić information content (AvgIpc) is 3.34. The van der Waals surface area contributed by atoms with E-state index in [1.807, 2.05) is 0 Å². The molecule has 0 spiro atoms. The van der Waals surface area contributed by atoms with Gasteiger partial charge in [0.1, 0.15) is 0 Å². The van der Waals surface area contributed by atoms with Crippen LogP contribution in [0.3, 0.4) is 0 Å². The molecule has 1 nitrogen and oxygen atoms in total. The van der Waals surface area contributed by atoms with E-state index < -0.39 is 8.07 Å². The smallest absolute Gasteiger partial charge is 0.157 e. The van der Waals surface area contributed by atoms with Crippen LogP contribution in [0.5, 0.6) is 0 Å². The zero-order chi connectivity index (χ0) is 17.2. The molecule has 1 heterocycles. The molecule has 2 atom stereocenters. The Labute approximate surface area is 148 Å². The largest absolute Gasteiger partial charge is 0.372 e. The van der Waals surface area contributed by atoms with Crippen molar-refractivity contribution >= 4 is 18.4 Å². The van der Waals surface area contributed by atoms with Gasteiger partial charge in [0.05, 0.1) is 11.8 Å². The molecule has 1 aliphatic rings. The number of benzene rings is 2. The second-order valence-electron chi connectivity index (χ2n) is 8.03. The lowest BCUT2D eigenvalue weighted by Gasteiger charge is -2.43. The molecule has 0 aliphatic carbocycles. The molecule has 2 heteroatoms. The van der Waals surface area contributed by atoms with E-state index in [-0.39, 0.29) is 5.04 Å². The van der Waals surface area contributed by atoms with Crippen molar-refractivity contribution in [2.24, 2.45) is 0 Å². The molecule has 128 valence electrons. The zero-order valence-corrected chi connectivity index (χ0v) is 16.5. The SMILES string of the molecule is CCCC[C@H]1O[C@H]1[Si](c1ccccc1)(c1ccccc1)C(C)(C)C. The van der Waals surface area contributed by atoms with E-state index in [1.54, 1.807) is 0 Å². The fraction of sp³-hybridized carbons (Fsp3) is 0.455. The van der Waals surface area contributed by atoms with Crippen LogP contribution in [-0.2, 0) is 4.74 Å². The normalized spacial score (nSPS) is 20.8. The van der Waals surface area contributed by atoms with Crippen molar-refractivity contribution in [3.05, 3.63) is 60.7 Å². The van der Waals surface area contributed by atoms with Crippen molar-refractivity contribution in [2.45, 2.75) is 63.8 Å². The first kappa shape index (κ1) is 17.4. The van der Waals surface area contributed by atoms with Gasteiger partial charge in [-0.3, -0.25) is 0 Å². The molecule has 0 amide bonds. The second kappa shape index (κ2) is 6.85. The van der Waals surface area contributed by atoms with E-state index in [1.165, 1.54) is 29.6 Å². The van der Waals surface area contributed by atoms with Crippen molar-refractivity contribution in [1.82, 2.24) is 0 Å². The Morgan fingerprint density at radius 3 is 1.79 bits per heavy atom. The van der Waals surface area contributed by atoms with Crippen LogP contribution in [0.2, 0.25) is 5.04 Å². The third-order valence-corrected chi connectivity index (χ3v) is 11.7. The lowest BCUT2D eigenvalue weighted by molar-refractivity contribution is 0.378. The van der Waals surface area contributed by atoms with Crippen molar-refractivity contribution in [3.63, 3.8) is 0 Å². The van der Waals surface area contributed by atoms with Crippen molar-refractivity contribution in [2.75, 3.05) is 0 Å². The Morgan fingerprint density at radius 1 is 0.875 bits per heavy atom. The zero-order valence-electron chi connectivity index (χ0n) is 15.5. The summed E-state index contributed by atoms with van der Waals surface area (Å²) in [5, 5.41) is 3.21. The highest BCUT2D eigenvalue weighted by Crippen LogP contribution is 2.46. The molecule has 24 heavy (non-hydrogen) atoms. The summed E-state index contributed by atoms with van der Waals surface area (Å²) in [6.07, 6.45) is 4.15. The van der Waals surface area contributed by atoms with Gasteiger partial charge in [-0.2, -0.15) is 0 Å². The molecular formula is C22H30OSi. The molecule has 0 unspecified atom stereocenters. The summed E-state index contributed by atoms with van der Waals surface area (Å²) < 4.78 is 6.38. The summed E-state index contributed by atoms with van der Waals surface area (Å²) in [5.41, 5.74) is 0.397. The lowest BCUT2D eigenvalue weighted by Crippen LogP contribution is -2.69. The average molecular weight is 339 g/mol. The van der Waals surface area contributed by atoms with Gasteiger partial charge in [0, 0.05) is 0 Å². The highest BCUT2D eigenvalue weighted by molar-refractivity contribution is 7.05. The van der Waals surface area contributed by atoms with Crippen LogP contribution >= 0.6 is 0 Å². The number of unbranched alkanes of at least 4 members (excludes halogenated alkanes) is 1. The first-order valence-electron chi connectivity index (χ1n) is 9.28. The summed E-state index contributed by atoms with van der Waals surface area (Å²) in [6.45, 7) is 9.51. The topological polar surface area (TPSA) is 12.5 Å². The van der Waals surface area contributed by atoms with Crippen molar-refractivity contribution < 1.29 is 4.74 Å². The fourth-order valence-corrected chi connectivity index (χ4v) is 10.5. The van der Waals surface area contributed by atoms with Crippen LogP contribution in [0.25, 0.3) is 0 Å². The summed E-state index contributed by atoms with van der Waals surface area (Å²) in [5.74, 6) is 0. The summed E-state index contributed by atoms with van der Waals surface area (Å²) in [4.78, 5) is 0. The molecule has 0 aromatic heterocycles. The van der Waals surface area contributed by atoms with E-state index in [9.17, 15) is 0 Å². The molecular weight excluding hydrogens is 308 g/mol. The number of hydrogen-bond donors (Lipinski definition) is 0. The first-order chi connectivity index (χ1) is 11.5. The lowest BCUT2D eigenvalue weighted by atomic mass is 10.2. The third-order valence-electron chi connectivity index (χ3n) is 5.49. The van der Waals surface area contributed by atoms with Gasteiger partial charge in [0.2, 0.25) is 0 Å². The van der Waals surface area contributed by atoms with Gasteiger partial charge >= 0.3 is 0 Å². The van der Waals surface area contributed by atoms with Crippen molar-refractivity contribution in [3.8, 4) is 0 Å². The van der Waals surface area contributed by atoms with Gasteiger partial charge in [-0.05, 0) is 11.5 Å². The molecule has 2 aromatic carbocycles. The van der Waals surface area contributed by atoms with E-state index in [0.29, 0.717) is 11.8 Å². The predicted molar refractivity (Wildman–Crippen MR) is 106 cm³/mol. The van der Waals surface area contributed by atoms with Crippen LogP contribution in [0, 0.1) is 0 Å². The van der Waals surface area contributed by atoms with E-state index in [0.717, 1.165) is 0 Å². The Bertz CT molecular complexity index is 605. The van der Waals surface area contributed by atoms with Gasteiger partial charge in [-0.25, -0.2) is 0 Å². The monoisotopic (exact) mass is 338 g/mol. The second-order valence-corrected chi connectivity index (χ2v) is 12.9. The maximum atomic E-state index is 6.38. The standard InChI is InChI=1S/C22H30OSi/c1-5-6-17-20-21(23-20)24(22(2,3)4,18-13-9-7-10-14-18)19-15-11-8-12-16-19/h7-16,20-21H,5-6,17H2,1-4H3/t20-,21+/m1/s1. The third kappa shape index (κ3) is 2.98.